The number of likely N-dealkylation sites (N-methyl/N-ethyl adjacent to an activating group) is 1. The second-order valence-corrected chi connectivity index (χ2v) is 8.02. The number of carbonyl (C=O) groups excluding carboxylic acids is 2. The van der Waals surface area contributed by atoms with E-state index >= 15 is 0 Å². The number of nitrogens with zero attached hydrogens (tertiary/aromatic N) is 2. The maximum absolute atomic E-state index is 13.5. The first kappa shape index (κ1) is 19.4. The fourth-order valence-corrected chi connectivity index (χ4v) is 4.30. The quantitative estimate of drug-likeness (QED) is 0.645. The molecule has 2 amide bonds. The predicted molar refractivity (Wildman–Crippen MR) is 115 cm³/mol. The SMILES string of the molecule is CC[NH+]1CCN(C=C2C(=O)N(c3cc(C)cc(C)c3)C(=O)c3ccccc32)CC1. The Morgan fingerprint density at radius 3 is 2.17 bits per heavy atom. The third-order valence-corrected chi connectivity index (χ3v) is 5.87. The maximum Gasteiger partial charge on any atom is 0.267 e. The molecule has 0 aromatic heterocycles. The Morgan fingerprint density at radius 2 is 1.55 bits per heavy atom. The summed E-state index contributed by atoms with van der Waals surface area (Å²) >= 11 is 0. The number of quaternary nitrogens is 1. The van der Waals surface area contributed by atoms with E-state index < -0.39 is 0 Å². The number of aryl methyl sites for hydroxylation is 2. The van der Waals surface area contributed by atoms with Crippen LogP contribution in [0.2, 0.25) is 0 Å². The number of anilines is 1. The second kappa shape index (κ2) is 7.84. The highest BCUT2D eigenvalue weighted by Crippen LogP contribution is 2.33. The van der Waals surface area contributed by atoms with Crippen LogP contribution in [-0.2, 0) is 4.79 Å². The van der Waals surface area contributed by atoms with Crippen LogP contribution in [0.5, 0.6) is 0 Å². The van der Waals surface area contributed by atoms with Gasteiger partial charge in [0.2, 0.25) is 0 Å². The third kappa shape index (κ3) is 3.70. The Kier molecular flexibility index (Phi) is 5.24. The van der Waals surface area contributed by atoms with E-state index in [0.717, 1.165) is 49.4 Å². The number of imide groups is 1. The highest BCUT2D eigenvalue weighted by molar-refractivity contribution is 6.41. The van der Waals surface area contributed by atoms with E-state index in [-0.39, 0.29) is 11.8 Å². The topological polar surface area (TPSA) is 45.1 Å². The molecule has 2 aliphatic heterocycles. The minimum absolute atomic E-state index is 0.246. The van der Waals surface area contributed by atoms with Crippen LogP contribution in [0.1, 0.15) is 34.0 Å². The summed E-state index contributed by atoms with van der Waals surface area (Å²) in [7, 11) is 0. The minimum atomic E-state index is -0.256. The van der Waals surface area contributed by atoms with Crippen LogP contribution in [0.4, 0.5) is 5.69 Å². The van der Waals surface area contributed by atoms with Crippen molar-refractivity contribution in [3.05, 3.63) is 70.9 Å². The van der Waals surface area contributed by atoms with Crippen LogP contribution in [0.3, 0.4) is 0 Å². The highest BCUT2D eigenvalue weighted by Gasteiger charge is 2.36. The molecule has 0 spiro atoms. The summed E-state index contributed by atoms with van der Waals surface area (Å²) in [5.41, 5.74) is 4.61. The number of benzene rings is 2. The zero-order valence-electron chi connectivity index (χ0n) is 17.4. The first-order valence-electron chi connectivity index (χ1n) is 10.3. The van der Waals surface area contributed by atoms with Crippen molar-refractivity contribution in [1.29, 1.82) is 0 Å². The molecule has 1 fully saturated rings. The first-order chi connectivity index (χ1) is 14.0. The van der Waals surface area contributed by atoms with Crippen LogP contribution < -0.4 is 9.80 Å². The van der Waals surface area contributed by atoms with Gasteiger partial charge in [0.1, 0.15) is 0 Å². The van der Waals surface area contributed by atoms with Crippen molar-refractivity contribution in [3.8, 4) is 0 Å². The third-order valence-electron chi connectivity index (χ3n) is 5.87. The normalized spacial score (nSPS) is 19.1. The molecule has 5 nitrogen and oxygen atoms in total. The number of amides is 2. The smallest absolute Gasteiger partial charge is 0.267 e. The molecule has 1 N–H and O–H groups in total. The van der Waals surface area contributed by atoms with Gasteiger partial charge in [-0.05, 0) is 50.1 Å². The lowest BCUT2D eigenvalue weighted by Gasteiger charge is -2.33. The summed E-state index contributed by atoms with van der Waals surface area (Å²) in [5, 5.41) is 0. The molecule has 0 bridgehead atoms. The number of carbonyl (C=O) groups is 2. The summed E-state index contributed by atoms with van der Waals surface area (Å²) in [4.78, 5) is 31.9. The molecule has 0 radical (unpaired) electrons. The van der Waals surface area contributed by atoms with Gasteiger partial charge >= 0.3 is 0 Å². The van der Waals surface area contributed by atoms with E-state index in [1.165, 1.54) is 4.90 Å². The van der Waals surface area contributed by atoms with Crippen molar-refractivity contribution in [2.24, 2.45) is 0 Å². The number of nitrogens with one attached hydrogen (secondary N) is 1. The van der Waals surface area contributed by atoms with Crippen LogP contribution in [-0.4, -0.2) is 49.4 Å². The van der Waals surface area contributed by atoms with Crippen molar-refractivity contribution in [2.45, 2.75) is 20.8 Å². The summed E-state index contributed by atoms with van der Waals surface area (Å²) in [6, 6.07) is 13.3. The standard InChI is InChI=1S/C24H27N3O2/c1-4-25-9-11-26(12-10-25)16-22-20-7-5-6-8-21(20)23(28)27(24(22)29)19-14-17(2)13-18(3)15-19/h5-8,13-16H,4,9-12H2,1-3H3/p+1. The summed E-state index contributed by atoms with van der Waals surface area (Å²) in [6.07, 6.45) is 1.97. The van der Waals surface area contributed by atoms with E-state index in [4.69, 9.17) is 0 Å². The Bertz CT molecular complexity index is 967. The number of hydrogen-bond acceptors (Lipinski definition) is 3. The van der Waals surface area contributed by atoms with Gasteiger partial charge in [-0.15, -0.1) is 0 Å². The predicted octanol–water partition coefficient (Wildman–Crippen LogP) is 2.05. The van der Waals surface area contributed by atoms with Crippen molar-refractivity contribution in [1.82, 2.24) is 4.90 Å². The first-order valence-corrected chi connectivity index (χ1v) is 10.3. The fourth-order valence-electron chi connectivity index (χ4n) is 4.30. The molecule has 0 saturated carbocycles. The largest absolute Gasteiger partial charge is 0.365 e. The van der Waals surface area contributed by atoms with Gasteiger partial charge < -0.3 is 9.80 Å². The van der Waals surface area contributed by atoms with Crippen LogP contribution in [0.25, 0.3) is 5.57 Å². The summed E-state index contributed by atoms with van der Waals surface area (Å²) in [6.45, 7) is 11.3. The average Bonchev–Trinajstić information content (AvgIpc) is 2.71. The molecule has 0 aliphatic carbocycles. The number of hydrogen-bond donors (Lipinski definition) is 1. The molecule has 29 heavy (non-hydrogen) atoms. The zero-order valence-corrected chi connectivity index (χ0v) is 17.4. The molecular formula is C24H28N3O2+. The maximum atomic E-state index is 13.5. The van der Waals surface area contributed by atoms with E-state index in [1.54, 1.807) is 4.90 Å². The molecule has 2 heterocycles. The summed E-state index contributed by atoms with van der Waals surface area (Å²) < 4.78 is 0. The second-order valence-electron chi connectivity index (χ2n) is 8.02. The molecule has 2 aliphatic rings. The number of rotatable bonds is 3. The lowest BCUT2D eigenvalue weighted by Crippen LogP contribution is -3.14. The van der Waals surface area contributed by atoms with E-state index in [1.807, 2.05) is 62.5 Å². The van der Waals surface area contributed by atoms with Gasteiger partial charge in [-0.25, -0.2) is 4.90 Å². The molecule has 0 atom stereocenters. The zero-order chi connectivity index (χ0) is 20.5. The van der Waals surface area contributed by atoms with Gasteiger partial charge in [0, 0.05) is 17.3 Å². The van der Waals surface area contributed by atoms with Crippen molar-refractivity contribution in [2.75, 3.05) is 37.6 Å². The van der Waals surface area contributed by atoms with E-state index in [0.29, 0.717) is 16.8 Å². The lowest BCUT2D eigenvalue weighted by atomic mass is 9.93. The molecule has 150 valence electrons. The molecular weight excluding hydrogens is 362 g/mol. The van der Waals surface area contributed by atoms with Crippen molar-refractivity contribution < 1.29 is 14.5 Å². The Hall–Kier alpha value is -2.92. The Morgan fingerprint density at radius 1 is 0.931 bits per heavy atom. The van der Waals surface area contributed by atoms with Crippen LogP contribution in [0, 0.1) is 13.8 Å². The van der Waals surface area contributed by atoms with Crippen LogP contribution in [0.15, 0.2) is 48.7 Å². The summed E-state index contributed by atoms with van der Waals surface area (Å²) in [5.74, 6) is -0.503. The average molecular weight is 391 g/mol. The van der Waals surface area contributed by atoms with Gasteiger partial charge in [-0.3, -0.25) is 9.59 Å². The molecule has 4 rings (SSSR count). The van der Waals surface area contributed by atoms with Crippen LogP contribution >= 0.6 is 0 Å². The molecule has 5 heteroatoms. The number of fused-ring (bicyclic) bond motifs is 1. The fraction of sp³-hybridized carbons (Fsp3) is 0.333. The van der Waals surface area contributed by atoms with Crippen molar-refractivity contribution >= 4 is 23.1 Å². The van der Waals surface area contributed by atoms with E-state index in [9.17, 15) is 9.59 Å². The van der Waals surface area contributed by atoms with E-state index in [2.05, 4.69) is 11.8 Å². The molecule has 0 unspecified atom stereocenters. The Labute approximate surface area is 172 Å². The van der Waals surface area contributed by atoms with Gasteiger partial charge in [0.15, 0.2) is 0 Å². The number of piperazine rings is 1. The van der Waals surface area contributed by atoms with Gasteiger partial charge in [0.05, 0.1) is 44.0 Å². The van der Waals surface area contributed by atoms with Gasteiger partial charge in [0.25, 0.3) is 11.8 Å². The molecule has 2 aromatic rings. The molecule has 1 saturated heterocycles. The van der Waals surface area contributed by atoms with Gasteiger partial charge in [-0.2, -0.15) is 0 Å². The van der Waals surface area contributed by atoms with Gasteiger partial charge in [-0.1, -0.05) is 24.3 Å². The van der Waals surface area contributed by atoms with Crippen molar-refractivity contribution in [3.63, 3.8) is 0 Å². The minimum Gasteiger partial charge on any atom is -0.365 e. The highest BCUT2D eigenvalue weighted by atomic mass is 16.2. The molecule has 2 aromatic carbocycles. The monoisotopic (exact) mass is 390 g/mol. The lowest BCUT2D eigenvalue weighted by molar-refractivity contribution is -0.902. The Balaban J connectivity index is 1.76.